The van der Waals surface area contributed by atoms with Gasteiger partial charge in [0, 0.05) is 18.0 Å². The van der Waals surface area contributed by atoms with Crippen LogP contribution in [0.4, 0.5) is 0 Å². The SMILES string of the molecule is CCn1c(C)[n+](C)c2ccc(Cl)cc21. The predicted octanol–water partition coefficient (Wildman–Crippen LogP) is 2.45. The molecular weight excluding hydrogens is 196 g/mol. The third kappa shape index (κ3) is 1.22. The molecule has 2 aromatic rings. The van der Waals surface area contributed by atoms with E-state index in [0.29, 0.717) is 0 Å². The zero-order valence-electron chi connectivity index (χ0n) is 8.71. The summed E-state index contributed by atoms with van der Waals surface area (Å²) in [4.78, 5) is 0. The van der Waals surface area contributed by atoms with Crippen molar-refractivity contribution in [2.75, 3.05) is 0 Å². The van der Waals surface area contributed by atoms with Crippen molar-refractivity contribution in [1.29, 1.82) is 0 Å². The molecule has 0 N–H and O–H groups in total. The van der Waals surface area contributed by atoms with Crippen LogP contribution in [0.1, 0.15) is 12.7 Å². The Bertz CT molecular complexity index is 485. The number of aryl methyl sites for hydroxylation is 2. The van der Waals surface area contributed by atoms with Crippen LogP contribution < -0.4 is 4.57 Å². The first-order chi connectivity index (χ1) is 6.65. The third-order valence-corrected chi connectivity index (χ3v) is 3.02. The molecule has 0 amide bonds. The molecule has 0 spiro atoms. The molecule has 2 nitrogen and oxygen atoms in total. The minimum absolute atomic E-state index is 0.797. The van der Waals surface area contributed by atoms with Gasteiger partial charge in [0.1, 0.15) is 0 Å². The van der Waals surface area contributed by atoms with Crippen LogP contribution in [0.5, 0.6) is 0 Å². The first-order valence-corrected chi connectivity index (χ1v) is 5.17. The number of fused-ring (bicyclic) bond motifs is 1. The zero-order valence-corrected chi connectivity index (χ0v) is 9.47. The largest absolute Gasteiger partial charge is 0.253 e. The summed E-state index contributed by atoms with van der Waals surface area (Å²) in [5, 5.41) is 0.797. The standard InChI is InChI=1S/C11H14ClN2/c1-4-14-8(2)13(3)10-6-5-9(12)7-11(10)14/h5-7H,4H2,1-3H3/q+1. The Balaban J connectivity index is 2.89. The van der Waals surface area contributed by atoms with Gasteiger partial charge in [0.15, 0.2) is 11.0 Å². The van der Waals surface area contributed by atoms with Gasteiger partial charge in [-0.25, -0.2) is 9.13 Å². The minimum atomic E-state index is 0.797. The molecule has 0 bridgehead atoms. The van der Waals surface area contributed by atoms with Gasteiger partial charge in [0.25, 0.3) is 5.82 Å². The smallest absolute Gasteiger partial charge is 0.230 e. The van der Waals surface area contributed by atoms with E-state index in [1.807, 2.05) is 12.1 Å². The summed E-state index contributed by atoms with van der Waals surface area (Å²) < 4.78 is 4.45. The van der Waals surface area contributed by atoms with E-state index in [1.165, 1.54) is 16.9 Å². The summed E-state index contributed by atoms with van der Waals surface area (Å²) in [6, 6.07) is 6.02. The molecule has 2 rings (SSSR count). The normalized spacial score (nSPS) is 11.1. The van der Waals surface area contributed by atoms with Crippen LogP contribution in [0.2, 0.25) is 5.02 Å². The highest BCUT2D eigenvalue weighted by Gasteiger charge is 2.17. The lowest BCUT2D eigenvalue weighted by atomic mass is 10.3. The lowest BCUT2D eigenvalue weighted by Crippen LogP contribution is -2.30. The summed E-state index contributed by atoms with van der Waals surface area (Å²) in [5.41, 5.74) is 2.44. The maximum atomic E-state index is 5.99. The van der Waals surface area contributed by atoms with E-state index in [4.69, 9.17) is 11.6 Å². The quantitative estimate of drug-likeness (QED) is 0.638. The van der Waals surface area contributed by atoms with Crippen molar-refractivity contribution in [1.82, 2.24) is 4.57 Å². The molecule has 0 fully saturated rings. The summed E-state index contributed by atoms with van der Waals surface area (Å²) in [5.74, 6) is 1.25. The van der Waals surface area contributed by atoms with Gasteiger partial charge in [-0.2, -0.15) is 0 Å². The number of halogens is 1. The molecule has 0 unspecified atom stereocenters. The Labute approximate surface area is 88.7 Å². The van der Waals surface area contributed by atoms with E-state index in [2.05, 4.69) is 36.1 Å². The van der Waals surface area contributed by atoms with Crippen LogP contribution >= 0.6 is 11.6 Å². The number of aromatic nitrogens is 2. The van der Waals surface area contributed by atoms with E-state index in [1.54, 1.807) is 0 Å². The van der Waals surface area contributed by atoms with Crippen LogP contribution in [0.15, 0.2) is 18.2 Å². The van der Waals surface area contributed by atoms with Gasteiger partial charge in [0.2, 0.25) is 0 Å². The second kappa shape index (κ2) is 3.28. The van der Waals surface area contributed by atoms with Gasteiger partial charge in [-0.3, -0.25) is 0 Å². The second-order valence-corrected chi connectivity index (χ2v) is 3.92. The predicted molar refractivity (Wildman–Crippen MR) is 58.5 cm³/mol. The van der Waals surface area contributed by atoms with Gasteiger partial charge < -0.3 is 0 Å². The summed E-state index contributed by atoms with van der Waals surface area (Å²) in [6.07, 6.45) is 0. The lowest BCUT2D eigenvalue weighted by molar-refractivity contribution is -0.652. The maximum Gasteiger partial charge on any atom is 0.253 e. The monoisotopic (exact) mass is 209 g/mol. The minimum Gasteiger partial charge on any atom is -0.230 e. The van der Waals surface area contributed by atoms with Crippen LogP contribution in [-0.2, 0) is 13.6 Å². The van der Waals surface area contributed by atoms with Crippen molar-refractivity contribution in [3.63, 3.8) is 0 Å². The van der Waals surface area contributed by atoms with E-state index in [-0.39, 0.29) is 0 Å². The summed E-state index contributed by atoms with van der Waals surface area (Å²) in [6.45, 7) is 5.24. The molecule has 0 aliphatic heterocycles. The second-order valence-electron chi connectivity index (χ2n) is 3.48. The van der Waals surface area contributed by atoms with Crippen molar-refractivity contribution in [3.05, 3.63) is 29.0 Å². The number of nitrogens with zero attached hydrogens (tertiary/aromatic N) is 2. The van der Waals surface area contributed by atoms with Gasteiger partial charge in [0.05, 0.1) is 13.6 Å². The van der Waals surface area contributed by atoms with E-state index in [9.17, 15) is 0 Å². The number of hydrogen-bond donors (Lipinski definition) is 0. The molecule has 0 aliphatic carbocycles. The summed E-state index contributed by atoms with van der Waals surface area (Å²) >= 11 is 5.99. The van der Waals surface area contributed by atoms with Gasteiger partial charge in [-0.15, -0.1) is 0 Å². The van der Waals surface area contributed by atoms with Crippen molar-refractivity contribution in [3.8, 4) is 0 Å². The van der Waals surface area contributed by atoms with E-state index < -0.39 is 0 Å². The molecule has 0 radical (unpaired) electrons. The topological polar surface area (TPSA) is 8.81 Å². The lowest BCUT2D eigenvalue weighted by Gasteiger charge is -1.93. The maximum absolute atomic E-state index is 5.99. The number of rotatable bonds is 1. The van der Waals surface area contributed by atoms with E-state index in [0.717, 1.165) is 11.6 Å². The first-order valence-electron chi connectivity index (χ1n) is 4.79. The van der Waals surface area contributed by atoms with Crippen LogP contribution in [0.25, 0.3) is 11.0 Å². The van der Waals surface area contributed by atoms with Crippen LogP contribution in [0, 0.1) is 6.92 Å². The highest BCUT2D eigenvalue weighted by atomic mass is 35.5. The number of hydrogen-bond acceptors (Lipinski definition) is 0. The third-order valence-electron chi connectivity index (χ3n) is 2.78. The number of imidazole rings is 1. The summed E-state index contributed by atoms with van der Waals surface area (Å²) in [7, 11) is 2.08. The highest BCUT2D eigenvalue weighted by Crippen LogP contribution is 2.18. The molecule has 74 valence electrons. The highest BCUT2D eigenvalue weighted by molar-refractivity contribution is 6.31. The van der Waals surface area contributed by atoms with Crippen molar-refractivity contribution in [2.24, 2.45) is 7.05 Å². The molecular formula is C11H14ClN2+. The Hall–Kier alpha value is -1.02. The first kappa shape index (κ1) is 9.53. The fraction of sp³-hybridized carbons (Fsp3) is 0.364. The Morgan fingerprint density at radius 1 is 1.43 bits per heavy atom. The fourth-order valence-corrected chi connectivity index (χ4v) is 2.09. The molecule has 0 saturated heterocycles. The van der Waals surface area contributed by atoms with E-state index >= 15 is 0 Å². The van der Waals surface area contributed by atoms with Gasteiger partial charge >= 0.3 is 0 Å². The molecule has 3 heteroatoms. The molecule has 14 heavy (non-hydrogen) atoms. The zero-order chi connectivity index (χ0) is 10.3. The molecule has 0 aliphatic rings. The van der Waals surface area contributed by atoms with Crippen LogP contribution in [0.3, 0.4) is 0 Å². The average molecular weight is 210 g/mol. The van der Waals surface area contributed by atoms with Crippen molar-refractivity contribution in [2.45, 2.75) is 20.4 Å². The number of benzene rings is 1. The van der Waals surface area contributed by atoms with Crippen molar-refractivity contribution >= 4 is 22.6 Å². The Kier molecular flexibility index (Phi) is 2.23. The molecule has 0 saturated carbocycles. The van der Waals surface area contributed by atoms with Gasteiger partial charge in [-0.05, 0) is 19.1 Å². The fourth-order valence-electron chi connectivity index (χ4n) is 1.93. The van der Waals surface area contributed by atoms with Crippen LogP contribution in [-0.4, -0.2) is 4.57 Å². The Morgan fingerprint density at radius 2 is 2.14 bits per heavy atom. The molecule has 1 aromatic carbocycles. The van der Waals surface area contributed by atoms with Crippen molar-refractivity contribution < 1.29 is 4.57 Å². The Morgan fingerprint density at radius 3 is 2.79 bits per heavy atom. The van der Waals surface area contributed by atoms with Gasteiger partial charge in [-0.1, -0.05) is 11.6 Å². The molecule has 1 heterocycles. The average Bonchev–Trinajstić information content (AvgIpc) is 2.39. The molecule has 0 atom stereocenters. The molecule has 1 aromatic heterocycles.